The van der Waals surface area contributed by atoms with Crippen molar-refractivity contribution in [1.82, 2.24) is 5.32 Å². The molecule has 2 unspecified atom stereocenters. The van der Waals surface area contributed by atoms with Crippen LogP contribution in [-0.2, 0) is 0 Å². The van der Waals surface area contributed by atoms with Gasteiger partial charge in [-0.3, -0.25) is 5.32 Å². The molecule has 2 N–H and O–H groups in total. The first-order valence-electron chi connectivity index (χ1n) is 9.54. The highest BCUT2D eigenvalue weighted by Gasteiger charge is 2.41. The van der Waals surface area contributed by atoms with Crippen LogP contribution in [0.25, 0.3) is 30.9 Å². The second kappa shape index (κ2) is 5.99. The minimum absolute atomic E-state index is 0.0926. The summed E-state index contributed by atoms with van der Waals surface area (Å²) in [4.78, 5) is 0. The first-order valence-corrected chi connectivity index (χ1v) is 10.4. The van der Waals surface area contributed by atoms with Crippen molar-refractivity contribution in [2.75, 3.05) is 0 Å². The summed E-state index contributed by atoms with van der Waals surface area (Å²) in [6, 6.07) is 30.2. The van der Waals surface area contributed by atoms with Gasteiger partial charge in [0.1, 0.15) is 0 Å². The first-order chi connectivity index (χ1) is 13.8. The van der Waals surface area contributed by atoms with Crippen LogP contribution in [0.1, 0.15) is 17.2 Å². The molecule has 0 aliphatic carbocycles. The molecule has 2 atom stereocenters. The molecule has 1 saturated heterocycles. The molecule has 0 spiro atoms. The van der Waals surface area contributed by atoms with Crippen molar-refractivity contribution in [3.63, 3.8) is 0 Å². The standard InChI is InChI=1S/C25H18N2S/c26-21(23-22(27-23)16-8-2-1-3-9-16)20-12-6-11-18-19-14-13-15-7-4-5-10-17(15)24(19)28-25(18)20/h1-14,22-23,26-27H. The molecule has 4 aromatic carbocycles. The van der Waals surface area contributed by atoms with Crippen molar-refractivity contribution in [1.29, 1.82) is 5.41 Å². The first kappa shape index (κ1) is 16.0. The van der Waals surface area contributed by atoms with Crippen LogP contribution in [-0.4, -0.2) is 11.8 Å². The summed E-state index contributed by atoms with van der Waals surface area (Å²) in [5.41, 5.74) is 3.00. The number of hydrogen-bond donors (Lipinski definition) is 2. The highest BCUT2D eigenvalue weighted by molar-refractivity contribution is 7.27. The Balaban J connectivity index is 1.49. The highest BCUT2D eigenvalue weighted by Crippen LogP contribution is 2.41. The molecule has 5 aromatic rings. The average Bonchev–Trinajstić information content (AvgIpc) is 3.46. The molecule has 134 valence electrons. The maximum atomic E-state index is 8.89. The van der Waals surface area contributed by atoms with Crippen LogP contribution >= 0.6 is 11.3 Å². The van der Waals surface area contributed by atoms with Gasteiger partial charge in [0, 0.05) is 25.7 Å². The van der Waals surface area contributed by atoms with Crippen LogP contribution in [0.2, 0.25) is 0 Å². The van der Waals surface area contributed by atoms with E-state index in [2.05, 4.69) is 84.2 Å². The van der Waals surface area contributed by atoms with Crippen molar-refractivity contribution in [2.45, 2.75) is 12.1 Å². The molecule has 1 fully saturated rings. The topological polar surface area (TPSA) is 45.8 Å². The SMILES string of the molecule is N=C(c1cccc2c1sc1c3ccccc3ccc21)C1NC1c1ccccc1. The van der Waals surface area contributed by atoms with Gasteiger partial charge in [0.15, 0.2) is 0 Å². The molecule has 0 saturated carbocycles. The van der Waals surface area contributed by atoms with E-state index in [1.165, 1.54) is 36.5 Å². The van der Waals surface area contributed by atoms with E-state index >= 15 is 0 Å². The Morgan fingerprint density at radius 3 is 2.36 bits per heavy atom. The summed E-state index contributed by atoms with van der Waals surface area (Å²) in [7, 11) is 0. The number of benzene rings is 4. The Labute approximate surface area is 166 Å². The zero-order chi connectivity index (χ0) is 18.7. The summed E-state index contributed by atoms with van der Waals surface area (Å²) in [6.07, 6.45) is 0. The zero-order valence-corrected chi connectivity index (χ0v) is 16.0. The van der Waals surface area contributed by atoms with Gasteiger partial charge < -0.3 is 5.41 Å². The average molecular weight is 379 g/mol. The number of thiophene rings is 1. The molecule has 0 bridgehead atoms. The molecule has 1 aliphatic rings. The maximum absolute atomic E-state index is 8.89. The van der Waals surface area contributed by atoms with Crippen molar-refractivity contribution < 1.29 is 0 Å². The van der Waals surface area contributed by atoms with Crippen molar-refractivity contribution >= 4 is 48.0 Å². The van der Waals surface area contributed by atoms with Gasteiger partial charge in [0.25, 0.3) is 0 Å². The molecule has 1 aliphatic heterocycles. The minimum Gasteiger partial charge on any atom is -0.303 e. The number of fused-ring (bicyclic) bond motifs is 5. The van der Waals surface area contributed by atoms with E-state index in [9.17, 15) is 0 Å². The lowest BCUT2D eigenvalue weighted by atomic mass is 10.00. The fraction of sp³-hybridized carbons (Fsp3) is 0.0800. The van der Waals surface area contributed by atoms with E-state index in [0.29, 0.717) is 5.71 Å². The van der Waals surface area contributed by atoms with E-state index in [4.69, 9.17) is 5.41 Å². The Bertz CT molecular complexity index is 1370. The lowest BCUT2D eigenvalue weighted by Crippen LogP contribution is -2.10. The van der Waals surface area contributed by atoms with Gasteiger partial charge >= 0.3 is 0 Å². The van der Waals surface area contributed by atoms with E-state index in [1.54, 1.807) is 0 Å². The largest absolute Gasteiger partial charge is 0.303 e. The molecule has 0 radical (unpaired) electrons. The van der Waals surface area contributed by atoms with Crippen LogP contribution in [0.15, 0.2) is 84.9 Å². The van der Waals surface area contributed by atoms with Gasteiger partial charge in [-0.2, -0.15) is 0 Å². The summed E-state index contributed by atoms with van der Waals surface area (Å²) < 4.78 is 2.54. The fourth-order valence-electron chi connectivity index (χ4n) is 4.24. The molecule has 3 heteroatoms. The lowest BCUT2D eigenvalue weighted by Gasteiger charge is -2.04. The van der Waals surface area contributed by atoms with Gasteiger partial charge in [-0.05, 0) is 16.3 Å². The lowest BCUT2D eigenvalue weighted by molar-refractivity contribution is 1.07. The smallest absolute Gasteiger partial charge is 0.0698 e. The molecule has 2 nitrogen and oxygen atoms in total. The van der Waals surface area contributed by atoms with E-state index in [-0.39, 0.29) is 12.1 Å². The molecule has 28 heavy (non-hydrogen) atoms. The van der Waals surface area contributed by atoms with E-state index < -0.39 is 0 Å². The predicted molar refractivity (Wildman–Crippen MR) is 120 cm³/mol. The number of hydrogen-bond acceptors (Lipinski definition) is 3. The molecule has 1 aromatic heterocycles. The molecular weight excluding hydrogens is 360 g/mol. The Morgan fingerprint density at radius 2 is 1.46 bits per heavy atom. The fourth-order valence-corrected chi connectivity index (χ4v) is 5.61. The molecule has 2 heterocycles. The Hall–Kier alpha value is -3.01. The monoisotopic (exact) mass is 378 g/mol. The second-order valence-corrected chi connectivity index (χ2v) is 8.41. The van der Waals surface area contributed by atoms with Gasteiger partial charge in [-0.15, -0.1) is 11.3 Å². The Morgan fingerprint density at radius 1 is 0.714 bits per heavy atom. The van der Waals surface area contributed by atoms with Crippen LogP contribution in [0.5, 0.6) is 0 Å². The third-order valence-electron chi connectivity index (χ3n) is 5.73. The van der Waals surface area contributed by atoms with E-state index in [1.807, 2.05) is 17.4 Å². The predicted octanol–water partition coefficient (Wildman–Crippen LogP) is 6.29. The van der Waals surface area contributed by atoms with Gasteiger partial charge in [-0.1, -0.05) is 84.9 Å². The summed E-state index contributed by atoms with van der Waals surface area (Å²) in [5, 5.41) is 17.5. The van der Waals surface area contributed by atoms with E-state index in [0.717, 1.165) is 5.56 Å². The minimum atomic E-state index is 0.0926. The number of rotatable bonds is 3. The summed E-state index contributed by atoms with van der Waals surface area (Å²) in [5.74, 6) is 0. The van der Waals surface area contributed by atoms with Crippen LogP contribution in [0, 0.1) is 5.41 Å². The van der Waals surface area contributed by atoms with Crippen molar-refractivity contribution in [3.8, 4) is 0 Å². The van der Waals surface area contributed by atoms with Crippen molar-refractivity contribution in [3.05, 3.63) is 96.1 Å². The Kier molecular flexibility index (Phi) is 3.42. The third kappa shape index (κ3) is 2.34. The quantitative estimate of drug-likeness (QED) is 0.281. The van der Waals surface area contributed by atoms with Crippen molar-refractivity contribution in [2.24, 2.45) is 0 Å². The van der Waals surface area contributed by atoms with Crippen LogP contribution in [0.3, 0.4) is 0 Å². The zero-order valence-electron chi connectivity index (χ0n) is 15.1. The van der Waals surface area contributed by atoms with Gasteiger partial charge in [-0.25, -0.2) is 0 Å². The number of nitrogens with one attached hydrogen (secondary N) is 2. The maximum Gasteiger partial charge on any atom is 0.0698 e. The third-order valence-corrected chi connectivity index (χ3v) is 7.02. The van der Waals surface area contributed by atoms with Crippen LogP contribution in [0.4, 0.5) is 0 Å². The summed E-state index contributed by atoms with van der Waals surface area (Å²) >= 11 is 1.82. The van der Waals surface area contributed by atoms with Gasteiger partial charge in [0.2, 0.25) is 0 Å². The van der Waals surface area contributed by atoms with Gasteiger partial charge in [0.05, 0.1) is 17.8 Å². The molecular formula is C25H18N2S. The van der Waals surface area contributed by atoms with Crippen LogP contribution < -0.4 is 5.32 Å². The molecule has 0 amide bonds. The molecule has 6 rings (SSSR count). The second-order valence-electron chi connectivity index (χ2n) is 7.39. The highest BCUT2D eigenvalue weighted by atomic mass is 32.1. The normalized spacial score (nSPS) is 18.7. The summed E-state index contributed by atoms with van der Waals surface area (Å²) in [6.45, 7) is 0.